The zero-order chi connectivity index (χ0) is 13.8. The van der Waals surface area contributed by atoms with E-state index >= 15 is 0 Å². The predicted molar refractivity (Wildman–Crippen MR) is 83.2 cm³/mol. The van der Waals surface area contributed by atoms with Crippen molar-refractivity contribution in [2.75, 3.05) is 18.0 Å². The zero-order valence-corrected chi connectivity index (χ0v) is 13.0. The van der Waals surface area contributed by atoms with E-state index in [1.165, 1.54) is 6.07 Å². The van der Waals surface area contributed by atoms with Gasteiger partial charge in [-0.3, -0.25) is 0 Å². The first kappa shape index (κ1) is 14.5. The van der Waals surface area contributed by atoms with Crippen LogP contribution < -0.4 is 10.6 Å². The summed E-state index contributed by atoms with van der Waals surface area (Å²) >= 11 is 5.09. The molecule has 0 aliphatic rings. The largest absolute Gasteiger partial charge is 0.360 e. The summed E-state index contributed by atoms with van der Waals surface area (Å²) in [5.74, 6) is -0.210. The molecule has 1 unspecified atom stereocenters. The summed E-state index contributed by atoms with van der Waals surface area (Å²) < 4.78 is 15.0. The predicted octanol–water partition coefficient (Wildman–Crippen LogP) is 4.18. The van der Waals surface area contributed by atoms with Gasteiger partial charge in [0, 0.05) is 18.0 Å². The van der Waals surface area contributed by atoms with Crippen molar-refractivity contribution in [3.63, 3.8) is 0 Å². The van der Waals surface area contributed by atoms with Crippen molar-refractivity contribution in [2.24, 2.45) is 5.73 Å². The maximum atomic E-state index is 14.0. The number of nitrogens with zero attached hydrogens (tertiary/aromatic N) is 1. The molecule has 19 heavy (non-hydrogen) atoms. The van der Waals surface area contributed by atoms with E-state index in [1.807, 2.05) is 30.0 Å². The second kappa shape index (κ2) is 6.50. The van der Waals surface area contributed by atoms with Gasteiger partial charge in [0.1, 0.15) is 5.82 Å². The normalized spacial score (nSPS) is 12.4. The third kappa shape index (κ3) is 3.16. The fourth-order valence-electron chi connectivity index (χ4n) is 2.15. The minimum Gasteiger partial charge on any atom is -0.360 e. The molecule has 0 amide bonds. The summed E-state index contributed by atoms with van der Waals surface area (Å²) in [6, 6.07) is 10.9. The molecule has 0 spiro atoms. The van der Waals surface area contributed by atoms with E-state index < -0.39 is 0 Å². The van der Waals surface area contributed by atoms with Gasteiger partial charge in [-0.1, -0.05) is 12.1 Å². The highest BCUT2D eigenvalue weighted by Gasteiger charge is 2.21. The Morgan fingerprint density at radius 3 is 2.58 bits per heavy atom. The zero-order valence-electron chi connectivity index (χ0n) is 10.6. The van der Waals surface area contributed by atoms with Crippen molar-refractivity contribution in [1.29, 1.82) is 0 Å². The van der Waals surface area contributed by atoms with Crippen LogP contribution in [0.25, 0.3) is 0 Å². The Hall–Kier alpha value is -0.910. The molecular formula is C14H16BrFN2S. The van der Waals surface area contributed by atoms with E-state index in [9.17, 15) is 4.39 Å². The van der Waals surface area contributed by atoms with E-state index in [1.54, 1.807) is 23.5 Å². The highest BCUT2D eigenvalue weighted by atomic mass is 79.9. The molecule has 1 aromatic carbocycles. The molecule has 2 rings (SSSR count). The van der Waals surface area contributed by atoms with Crippen LogP contribution in [0.5, 0.6) is 0 Å². The van der Waals surface area contributed by atoms with Crippen molar-refractivity contribution in [1.82, 2.24) is 0 Å². The summed E-state index contributed by atoms with van der Waals surface area (Å²) in [7, 11) is 0. The van der Waals surface area contributed by atoms with Gasteiger partial charge in [-0.2, -0.15) is 0 Å². The topological polar surface area (TPSA) is 29.3 Å². The molecule has 2 N–H and O–H groups in total. The number of halogens is 2. The average Bonchev–Trinajstić information content (AvgIpc) is 2.83. The first-order valence-corrected chi connectivity index (χ1v) is 7.74. The molecule has 0 radical (unpaired) electrons. The fraction of sp³-hybridized carbons (Fsp3) is 0.286. The highest BCUT2D eigenvalue weighted by molar-refractivity contribution is 9.11. The highest BCUT2D eigenvalue weighted by Crippen LogP contribution is 2.33. The molecular weight excluding hydrogens is 327 g/mol. The van der Waals surface area contributed by atoms with Crippen LogP contribution in [0, 0.1) is 5.82 Å². The standard InChI is InChI=1S/C14H16BrFN2S/c1-2-18(11-6-4-3-5-10(11)16)12(9-17)13-7-8-14(15)19-13/h3-8,12H,2,9,17H2,1H3. The molecule has 0 saturated carbocycles. The first-order chi connectivity index (χ1) is 9.17. The number of para-hydroxylation sites is 1. The van der Waals surface area contributed by atoms with Crippen LogP contribution in [-0.4, -0.2) is 13.1 Å². The van der Waals surface area contributed by atoms with Crippen LogP contribution >= 0.6 is 27.3 Å². The Balaban J connectivity index is 2.37. The number of anilines is 1. The summed E-state index contributed by atoms with van der Waals surface area (Å²) in [6.07, 6.45) is 0. The van der Waals surface area contributed by atoms with E-state index in [0.29, 0.717) is 18.8 Å². The van der Waals surface area contributed by atoms with Gasteiger partial charge in [-0.15, -0.1) is 11.3 Å². The lowest BCUT2D eigenvalue weighted by Crippen LogP contribution is -2.33. The van der Waals surface area contributed by atoms with Crippen molar-refractivity contribution in [3.8, 4) is 0 Å². The van der Waals surface area contributed by atoms with Crippen molar-refractivity contribution < 1.29 is 4.39 Å². The maximum absolute atomic E-state index is 14.0. The van der Waals surface area contributed by atoms with Crippen LogP contribution in [0.4, 0.5) is 10.1 Å². The molecule has 0 aliphatic carbocycles. The third-order valence-electron chi connectivity index (χ3n) is 3.02. The van der Waals surface area contributed by atoms with E-state index in [2.05, 4.69) is 15.9 Å². The maximum Gasteiger partial charge on any atom is 0.146 e. The Bertz CT molecular complexity index is 544. The van der Waals surface area contributed by atoms with Gasteiger partial charge < -0.3 is 10.6 Å². The second-order valence-corrected chi connectivity index (χ2v) is 6.63. The smallest absolute Gasteiger partial charge is 0.146 e. The van der Waals surface area contributed by atoms with Gasteiger partial charge in [0.2, 0.25) is 0 Å². The van der Waals surface area contributed by atoms with Crippen molar-refractivity contribution in [3.05, 3.63) is 50.9 Å². The number of rotatable bonds is 5. The second-order valence-electron chi connectivity index (χ2n) is 4.13. The molecule has 1 aromatic heterocycles. The molecule has 0 bridgehead atoms. The molecule has 1 atom stereocenters. The van der Waals surface area contributed by atoms with E-state index in [-0.39, 0.29) is 11.9 Å². The molecule has 1 heterocycles. The molecule has 5 heteroatoms. The SMILES string of the molecule is CCN(c1ccccc1F)C(CN)c1ccc(Br)s1. The Labute approximate surface area is 125 Å². The minimum atomic E-state index is -0.210. The van der Waals surface area contributed by atoms with Crippen LogP contribution in [0.2, 0.25) is 0 Å². The number of nitrogens with two attached hydrogens (primary N) is 1. The molecule has 0 fully saturated rings. The van der Waals surface area contributed by atoms with E-state index in [4.69, 9.17) is 5.73 Å². The summed E-state index contributed by atoms with van der Waals surface area (Å²) in [6.45, 7) is 3.17. The Kier molecular flexibility index (Phi) is 4.96. The lowest BCUT2D eigenvalue weighted by molar-refractivity contribution is 0.592. The Morgan fingerprint density at radius 2 is 2.05 bits per heavy atom. The summed E-state index contributed by atoms with van der Waals surface area (Å²) in [4.78, 5) is 3.15. The lowest BCUT2D eigenvalue weighted by Gasteiger charge is -2.31. The van der Waals surface area contributed by atoms with Gasteiger partial charge in [0.15, 0.2) is 0 Å². The Morgan fingerprint density at radius 1 is 1.32 bits per heavy atom. The van der Waals surface area contributed by atoms with Gasteiger partial charge in [-0.25, -0.2) is 4.39 Å². The quantitative estimate of drug-likeness (QED) is 0.883. The molecule has 2 aromatic rings. The van der Waals surface area contributed by atoms with Gasteiger partial charge in [-0.05, 0) is 47.1 Å². The van der Waals surface area contributed by atoms with Gasteiger partial charge in [0.05, 0.1) is 15.5 Å². The number of thiophene rings is 1. The van der Waals surface area contributed by atoms with Crippen molar-refractivity contribution >= 4 is 33.0 Å². The molecule has 2 nitrogen and oxygen atoms in total. The number of likely N-dealkylation sites (N-methyl/N-ethyl adjacent to an activating group) is 1. The van der Waals surface area contributed by atoms with Crippen LogP contribution in [-0.2, 0) is 0 Å². The number of benzene rings is 1. The van der Waals surface area contributed by atoms with Crippen molar-refractivity contribution in [2.45, 2.75) is 13.0 Å². The first-order valence-electron chi connectivity index (χ1n) is 6.13. The van der Waals surface area contributed by atoms with Crippen LogP contribution in [0.1, 0.15) is 17.8 Å². The summed E-state index contributed by atoms with van der Waals surface area (Å²) in [5, 5.41) is 0. The number of hydrogen-bond acceptors (Lipinski definition) is 3. The molecule has 0 aliphatic heterocycles. The van der Waals surface area contributed by atoms with E-state index in [0.717, 1.165) is 8.66 Å². The molecule has 102 valence electrons. The van der Waals surface area contributed by atoms with Gasteiger partial charge >= 0.3 is 0 Å². The summed E-state index contributed by atoms with van der Waals surface area (Å²) in [5.41, 5.74) is 6.51. The lowest BCUT2D eigenvalue weighted by atomic mass is 10.1. The van der Waals surface area contributed by atoms with Crippen LogP contribution in [0.15, 0.2) is 40.2 Å². The number of hydrogen-bond donors (Lipinski definition) is 1. The van der Waals surface area contributed by atoms with Crippen LogP contribution in [0.3, 0.4) is 0 Å². The minimum absolute atomic E-state index is 0.00167. The third-order valence-corrected chi connectivity index (χ3v) is 4.75. The molecule has 0 saturated heterocycles. The van der Waals surface area contributed by atoms with Gasteiger partial charge in [0.25, 0.3) is 0 Å². The monoisotopic (exact) mass is 342 g/mol. The average molecular weight is 343 g/mol. The fourth-order valence-corrected chi connectivity index (χ4v) is 3.70.